The van der Waals surface area contributed by atoms with Crippen molar-refractivity contribution < 1.29 is 19.4 Å². The zero-order valence-electron chi connectivity index (χ0n) is 10.1. The molecule has 2 aliphatic rings. The molecule has 1 heterocycles. The molecule has 1 aliphatic heterocycles. The highest BCUT2D eigenvalue weighted by molar-refractivity contribution is 5.82. The third-order valence-electron chi connectivity index (χ3n) is 3.85. The highest BCUT2D eigenvalue weighted by Gasteiger charge is 2.63. The van der Waals surface area contributed by atoms with Gasteiger partial charge in [0, 0.05) is 6.54 Å². The minimum Gasteiger partial charge on any atom is -0.480 e. The van der Waals surface area contributed by atoms with E-state index in [1.807, 2.05) is 6.92 Å². The van der Waals surface area contributed by atoms with E-state index in [2.05, 4.69) is 5.32 Å². The summed E-state index contributed by atoms with van der Waals surface area (Å²) < 4.78 is 5.24. The Hall–Kier alpha value is -1.10. The number of esters is 1. The maximum Gasteiger partial charge on any atom is 0.320 e. The molecule has 2 N–H and O–H groups in total. The summed E-state index contributed by atoms with van der Waals surface area (Å²) in [4.78, 5) is 22.7. The summed E-state index contributed by atoms with van der Waals surface area (Å²) in [5.41, 5.74) is -0.417. The van der Waals surface area contributed by atoms with Crippen molar-refractivity contribution in [2.45, 2.75) is 38.6 Å². The normalized spacial score (nSPS) is 34.9. The number of unbranched alkanes of at least 4 members (excludes halogenated alkanes) is 1. The van der Waals surface area contributed by atoms with Gasteiger partial charge in [0.25, 0.3) is 0 Å². The summed E-state index contributed by atoms with van der Waals surface area (Å²) >= 11 is 0. The van der Waals surface area contributed by atoms with Crippen molar-refractivity contribution in [2.24, 2.45) is 11.3 Å². The van der Waals surface area contributed by atoms with Gasteiger partial charge in [-0.15, -0.1) is 0 Å². The summed E-state index contributed by atoms with van der Waals surface area (Å²) in [6, 6.07) is -0.501. The van der Waals surface area contributed by atoms with Crippen LogP contribution in [-0.2, 0) is 14.3 Å². The summed E-state index contributed by atoms with van der Waals surface area (Å²) in [5, 5.41) is 11.8. The Labute approximate surface area is 101 Å². The van der Waals surface area contributed by atoms with Crippen molar-refractivity contribution in [3.05, 3.63) is 0 Å². The lowest BCUT2D eigenvalue weighted by Crippen LogP contribution is -2.47. The summed E-state index contributed by atoms with van der Waals surface area (Å²) in [6.07, 6.45) is 3.20. The van der Waals surface area contributed by atoms with Crippen LogP contribution in [0.15, 0.2) is 0 Å². The van der Waals surface area contributed by atoms with Crippen molar-refractivity contribution in [1.82, 2.24) is 5.32 Å². The quantitative estimate of drug-likeness (QED) is 0.549. The average Bonchev–Trinajstić information content (AvgIpc) is 3.03. The molecule has 1 saturated heterocycles. The Bertz CT molecular complexity index is 330. The number of carbonyl (C=O) groups excluding carboxylic acids is 1. The molecule has 0 aromatic carbocycles. The van der Waals surface area contributed by atoms with Crippen LogP contribution in [0.25, 0.3) is 0 Å². The minimum absolute atomic E-state index is 0.146. The average molecular weight is 241 g/mol. The predicted molar refractivity (Wildman–Crippen MR) is 60.5 cm³/mol. The fourth-order valence-corrected chi connectivity index (χ4v) is 2.54. The van der Waals surface area contributed by atoms with Crippen LogP contribution >= 0.6 is 0 Å². The Balaban J connectivity index is 1.84. The number of hydrogen-bond donors (Lipinski definition) is 2. The van der Waals surface area contributed by atoms with Crippen molar-refractivity contribution in [1.29, 1.82) is 0 Å². The number of fused-ring (bicyclic) bond motifs is 1. The maximum atomic E-state index is 11.9. The fourth-order valence-electron chi connectivity index (χ4n) is 2.54. The third-order valence-corrected chi connectivity index (χ3v) is 3.85. The molecule has 0 amide bonds. The Morgan fingerprint density at radius 1 is 1.53 bits per heavy atom. The van der Waals surface area contributed by atoms with Crippen LogP contribution in [0.3, 0.4) is 0 Å². The van der Waals surface area contributed by atoms with Gasteiger partial charge in [0.15, 0.2) is 0 Å². The zero-order chi connectivity index (χ0) is 12.5. The number of carboxylic acid groups (broad SMARTS) is 1. The molecule has 1 saturated carbocycles. The number of ether oxygens (including phenoxy) is 1. The van der Waals surface area contributed by atoms with Crippen LogP contribution in [0.1, 0.15) is 32.6 Å². The second kappa shape index (κ2) is 4.64. The molecule has 0 spiro atoms. The van der Waals surface area contributed by atoms with Gasteiger partial charge in [-0.1, -0.05) is 13.3 Å². The molecule has 5 heteroatoms. The number of carboxylic acids is 1. The predicted octanol–water partition coefficient (Wildman–Crippen LogP) is 0.782. The van der Waals surface area contributed by atoms with E-state index in [1.54, 1.807) is 0 Å². The molecule has 0 bridgehead atoms. The molecule has 1 aliphatic carbocycles. The SMILES string of the molecule is CCCCOC(=O)C12CNC(C(=O)O)CC1C2. The van der Waals surface area contributed by atoms with E-state index in [0.717, 1.165) is 19.3 Å². The Morgan fingerprint density at radius 2 is 2.29 bits per heavy atom. The molecule has 2 rings (SSSR count). The first-order chi connectivity index (χ1) is 8.10. The number of piperidine rings is 1. The topological polar surface area (TPSA) is 75.6 Å². The second-order valence-electron chi connectivity index (χ2n) is 5.05. The Morgan fingerprint density at radius 3 is 2.88 bits per heavy atom. The van der Waals surface area contributed by atoms with Gasteiger partial charge in [-0.25, -0.2) is 0 Å². The first-order valence-electron chi connectivity index (χ1n) is 6.23. The number of rotatable bonds is 5. The second-order valence-corrected chi connectivity index (χ2v) is 5.05. The van der Waals surface area contributed by atoms with Crippen LogP contribution < -0.4 is 5.32 Å². The smallest absolute Gasteiger partial charge is 0.320 e. The lowest BCUT2D eigenvalue weighted by molar-refractivity contribution is -0.153. The molecule has 96 valence electrons. The van der Waals surface area contributed by atoms with E-state index in [1.165, 1.54) is 0 Å². The highest BCUT2D eigenvalue weighted by atomic mass is 16.5. The molecule has 0 aromatic rings. The first-order valence-corrected chi connectivity index (χ1v) is 6.23. The molecule has 17 heavy (non-hydrogen) atoms. The van der Waals surface area contributed by atoms with Crippen LogP contribution in [0, 0.1) is 11.3 Å². The van der Waals surface area contributed by atoms with Crippen molar-refractivity contribution in [3.63, 3.8) is 0 Å². The number of carbonyl (C=O) groups is 2. The highest BCUT2D eigenvalue weighted by Crippen LogP contribution is 2.57. The first kappa shape index (κ1) is 12.4. The number of nitrogens with one attached hydrogen (secondary N) is 1. The van der Waals surface area contributed by atoms with E-state index < -0.39 is 17.4 Å². The summed E-state index contributed by atoms with van der Waals surface area (Å²) in [5.74, 6) is -0.781. The number of aliphatic carboxylic acids is 1. The number of hydrogen-bond acceptors (Lipinski definition) is 4. The van der Waals surface area contributed by atoms with Crippen molar-refractivity contribution in [3.8, 4) is 0 Å². The van der Waals surface area contributed by atoms with Gasteiger partial charge in [-0.3, -0.25) is 9.59 Å². The monoisotopic (exact) mass is 241 g/mol. The zero-order valence-corrected chi connectivity index (χ0v) is 10.1. The van der Waals surface area contributed by atoms with Gasteiger partial charge in [0.2, 0.25) is 0 Å². The van der Waals surface area contributed by atoms with E-state index >= 15 is 0 Å². The standard InChI is InChI=1S/C12H19NO4/c1-2-3-4-17-11(16)12-6-8(12)5-9(10(14)15)13-7-12/h8-9,13H,2-7H2,1H3,(H,14,15). The minimum atomic E-state index is -0.829. The van der Waals surface area contributed by atoms with Gasteiger partial charge < -0.3 is 15.2 Å². The van der Waals surface area contributed by atoms with E-state index in [4.69, 9.17) is 9.84 Å². The van der Waals surface area contributed by atoms with Crippen LogP contribution in [0.4, 0.5) is 0 Å². The van der Waals surface area contributed by atoms with Gasteiger partial charge >= 0.3 is 11.9 Å². The third kappa shape index (κ3) is 2.29. The lowest BCUT2D eigenvalue weighted by Gasteiger charge is -2.25. The van der Waals surface area contributed by atoms with Gasteiger partial charge in [-0.2, -0.15) is 0 Å². The lowest BCUT2D eigenvalue weighted by atomic mass is 9.94. The molecule has 3 atom stereocenters. The molecule has 3 unspecified atom stereocenters. The van der Waals surface area contributed by atoms with E-state index in [-0.39, 0.29) is 11.9 Å². The summed E-state index contributed by atoms with van der Waals surface area (Å²) in [7, 11) is 0. The molecule has 2 fully saturated rings. The van der Waals surface area contributed by atoms with Gasteiger partial charge in [0.1, 0.15) is 6.04 Å². The van der Waals surface area contributed by atoms with E-state index in [0.29, 0.717) is 19.6 Å². The molecular weight excluding hydrogens is 222 g/mol. The molecule has 0 radical (unpaired) electrons. The molecule has 0 aromatic heterocycles. The van der Waals surface area contributed by atoms with Crippen LogP contribution in [0.5, 0.6) is 0 Å². The van der Waals surface area contributed by atoms with Gasteiger partial charge in [0.05, 0.1) is 12.0 Å². The van der Waals surface area contributed by atoms with Crippen LogP contribution in [0.2, 0.25) is 0 Å². The van der Waals surface area contributed by atoms with Gasteiger partial charge in [-0.05, 0) is 25.2 Å². The molecule has 5 nitrogen and oxygen atoms in total. The maximum absolute atomic E-state index is 11.9. The Kier molecular flexibility index (Phi) is 3.38. The van der Waals surface area contributed by atoms with Crippen LogP contribution in [-0.4, -0.2) is 36.2 Å². The van der Waals surface area contributed by atoms with Crippen molar-refractivity contribution in [2.75, 3.05) is 13.2 Å². The summed E-state index contributed by atoms with van der Waals surface area (Å²) in [6.45, 7) is 2.97. The van der Waals surface area contributed by atoms with E-state index in [9.17, 15) is 9.59 Å². The molecular formula is C12H19NO4. The van der Waals surface area contributed by atoms with Crippen molar-refractivity contribution >= 4 is 11.9 Å². The fraction of sp³-hybridized carbons (Fsp3) is 0.833. The largest absolute Gasteiger partial charge is 0.480 e.